The second-order valence-electron chi connectivity index (χ2n) is 6.96. The molecule has 1 aromatic rings. The summed E-state index contributed by atoms with van der Waals surface area (Å²) in [5.74, 6) is -0.133. The zero-order valence-electron chi connectivity index (χ0n) is 14.3. The van der Waals surface area contributed by atoms with Gasteiger partial charge in [-0.15, -0.1) is 0 Å². The molecular formula is C19H24ClFN2O2. The highest BCUT2D eigenvalue weighted by molar-refractivity contribution is 6.33. The maximum Gasteiger partial charge on any atom is 0.258 e. The van der Waals surface area contributed by atoms with Gasteiger partial charge in [0.15, 0.2) is 0 Å². The van der Waals surface area contributed by atoms with E-state index >= 15 is 0 Å². The van der Waals surface area contributed by atoms with Crippen LogP contribution >= 0.6 is 11.6 Å². The number of hydrogen-bond acceptors (Lipinski definition) is 2. The molecular weight excluding hydrogens is 343 g/mol. The topological polar surface area (TPSA) is 40.6 Å². The molecule has 6 heteroatoms. The van der Waals surface area contributed by atoms with E-state index in [0.717, 1.165) is 6.42 Å². The van der Waals surface area contributed by atoms with Crippen LogP contribution in [-0.2, 0) is 4.79 Å². The van der Waals surface area contributed by atoms with Gasteiger partial charge in [0.1, 0.15) is 5.82 Å². The molecule has 1 aromatic carbocycles. The Morgan fingerprint density at radius 1 is 1.08 bits per heavy atom. The molecule has 4 nitrogen and oxygen atoms in total. The number of piperazine rings is 1. The number of halogens is 2. The average molecular weight is 367 g/mol. The molecule has 1 aliphatic heterocycles. The van der Waals surface area contributed by atoms with Crippen molar-refractivity contribution in [2.75, 3.05) is 26.2 Å². The lowest BCUT2D eigenvalue weighted by Gasteiger charge is -2.35. The number of hydrogen-bond donors (Lipinski definition) is 0. The molecule has 0 bridgehead atoms. The molecule has 1 saturated carbocycles. The van der Waals surface area contributed by atoms with E-state index in [1.54, 1.807) is 4.90 Å². The van der Waals surface area contributed by atoms with E-state index in [-0.39, 0.29) is 16.5 Å². The molecule has 2 aliphatic rings. The Morgan fingerprint density at radius 3 is 2.36 bits per heavy atom. The van der Waals surface area contributed by atoms with Gasteiger partial charge in [0.2, 0.25) is 5.91 Å². The lowest BCUT2D eigenvalue weighted by Crippen LogP contribution is -2.50. The molecule has 0 spiro atoms. The fourth-order valence-corrected chi connectivity index (χ4v) is 4.05. The van der Waals surface area contributed by atoms with E-state index in [1.165, 1.54) is 43.9 Å². The van der Waals surface area contributed by atoms with Gasteiger partial charge in [-0.25, -0.2) is 4.39 Å². The Kier molecular flexibility index (Phi) is 5.94. The summed E-state index contributed by atoms with van der Waals surface area (Å²) in [6.45, 7) is 1.83. The number of nitrogens with zero attached hydrogens (tertiary/aromatic N) is 2. The predicted octanol–water partition coefficient (Wildman–Crippen LogP) is 3.73. The summed E-state index contributed by atoms with van der Waals surface area (Å²) in [6.07, 6.45) is 6.65. The molecule has 25 heavy (non-hydrogen) atoms. The molecule has 0 aromatic heterocycles. The van der Waals surface area contributed by atoms with E-state index in [9.17, 15) is 14.0 Å². The van der Waals surface area contributed by atoms with E-state index in [2.05, 4.69) is 0 Å². The summed E-state index contributed by atoms with van der Waals surface area (Å²) in [5.41, 5.74) is -0.0785. The van der Waals surface area contributed by atoms with Crippen LogP contribution in [0.3, 0.4) is 0 Å². The van der Waals surface area contributed by atoms with E-state index in [0.29, 0.717) is 38.5 Å². The summed E-state index contributed by atoms with van der Waals surface area (Å²) in [7, 11) is 0. The minimum Gasteiger partial charge on any atom is -0.339 e. The first-order valence-electron chi connectivity index (χ1n) is 9.07. The van der Waals surface area contributed by atoms with Gasteiger partial charge < -0.3 is 9.80 Å². The van der Waals surface area contributed by atoms with Gasteiger partial charge in [-0.1, -0.05) is 43.4 Å². The highest BCUT2D eigenvalue weighted by Gasteiger charge is 2.28. The van der Waals surface area contributed by atoms with Crippen molar-refractivity contribution in [3.63, 3.8) is 0 Å². The van der Waals surface area contributed by atoms with Crippen LogP contribution in [0.25, 0.3) is 0 Å². The zero-order valence-corrected chi connectivity index (χ0v) is 15.1. The second-order valence-corrected chi connectivity index (χ2v) is 7.37. The molecule has 2 amide bonds. The van der Waals surface area contributed by atoms with Gasteiger partial charge >= 0.3 is 0 Å². The summed E-state index contributed by atoms with van der Waals surface area (Å²) in [6, 6.07) is 4.23. The van der Waals surface area contributed by atoms with Gasteiger partial charge in [0.25, 0.3) is 5.91 Å². The molecule has 0 radical (unpaired) electrons. The SMILES string of the molecule is O=C(CCC1CCCC1)N1CCN(C(=O)c2c(F)cccc2Cl)CC1. The number of amides is 2. The normalized spacial score (nSPS) is 18.6. The quantitative estimate of drug-likeness (QED) is 0.814. The van der Waals surface area contributed by atoms with Crippen molar-refractivity contribution in [3.8, 4) is 0 Å². The summed E-state index contributed by atoms with van der Waals surface area (Å²) >= 11 is 5.97. The van der Waals surface area contributed by atoms with Crippen molar-refractivity contribution in [2.45, 2.75) is 38.5 Å². The van der Waals surface area contributed by atoms with Gasteiger partial charge in [-0.2, -0.15) is 0 Å². The lowest BCUT2D eigenvalue weighted by atomic mass is 10.0. The van der Waals surface area contributed by atoms with Crippen LogP contribution < -0.4 is 0 Å². The average Bonchev–Trinajstić information content (AvgIpc) is 3.13. The van der Waals surface area contributed by atoms with Crippen molar-refractivity contribution >= 4 is 23.4 Å². The monoisotopic (exact) mass is 366 g/mol. The Morgan fingerprint density at radius 2 is 1.72 bits per heavy atom. The largest absolute Gasteiger partial charge is 0.339 e. The van der Waals surface area contributed by atoms with E-state index in [4.69, 9.17) is 11.6 Å². The minimum absolute atomic E-state index is 0.0785. The molecule has 0 unspecified atom stereocenters. The van der Waals surface area contributed by atoms with E-state index < -0.39 is 11.7 Å². The first-order valence-corrected chi connectivity index (χ1v) is 9.45. The van der Waals surface area contributed by atoms with Gasteiger partial charge in [0, 0.05) is 32.6 Å². The Balaban J connectivity index is 1.51. The predicted molar refractivity (Wildman–Crippen MR) is 95.1 cm³/mol. The van der Waals surface area contributed by atoms with Crippen molar-refractivity contribution in [1.82, 2.24) is 9.80 Å². The van der Waals surface area contributed by atoms with E-state index in [1.807, 2.05) is 4.90 Å². The van der Waals surface area contributed by atoms with Crippen molar-refractivity contribution in [3.05, 3.63) is 34.6 Å². The van der Waals surface area contributed by atoms with Gasteiger partial charge in [-0.3, -0.25) is 9.59 Å². The third-order valence-electron chi connectivity index (χ3n) is 5.34. The fraction of sp³-hybridized carbons (Fsp3) is 0.579. The minimum atomic E-state index is -0.604. The molecule has 3 rings (SSSR count). The summed E-state index contributed by atoms with van der Waals surface area (Å²) < 4.78 is 13.9. The standard InChI is InChI=1S/C19H24ClFN2O2/c20-15-6-3-7-16(21)18(15)19(25)23-12-10-22(11-13-23)17(24)9-8-14-4-1-2-5-14/h3,6-7,14H,1-2,4-5,8-13H2. The highest BCUT2D eigenvalue weighted by atomic mass is 35.5. The van der Waals surface area contributed by atoms with Crippen LogP contribution in [0.2, 0.25) is 5.02 Å². The maximum atomic E-state index is 13.9. The van der Waals surface area contributed by atoms with Crippen LogP contribution in [0.15, 0.2) is 18.2 Å². The first-order chi connectivity index (χ1) is 12.1. The lowest BCUT2D eigenvalue weighted by molar-refractivity contribution is -0.133. The fourth-order valence-electron chi connectivity index (χ4n) is 3.80. The van der Waals surface area contributed by atoms with Gasteiger partial charge in [-0.05, 0) is 24.5 Å². The Labute approximate surface area is 152 Å². The number of carbonyl (C=O) groups excluding carboxylic acids is 2. The second kappa shape index (κ2) is 8.17. The van der Waals surface area contributed by atoms with Gasteiger partial charge in [0.05, 0.1) is 10.6 Å². The van der Waals surface area contributed by atoms with Crippen LogP contribution in [0, 0.1) is 11.7 Å². The zero-order chi connectivity index (χ0) is 17.8. The highest BCUT2D eigenvalue weighted by Crippen LogP contribution is 2.29. The molecule has 1 heterocycles. The van der Waals surface area contributed by atoms with Crippen LogP contribution in [0.1, 0.15) is 48.9 Å². The van der Waals surface area contributed by atoms with Crippen molar-refractivity contribution in [1.29, 1.82) is 0 Å². The third kappa shape index (κ3) is 4.32. The molecule has 0 atom stereocenters. The Bertz CT molecular complexity index is 618. The maximum absolute atomic E-state index is 13.9. The molecule has 1 aliphatic carbocycles. The van der Waals surface area contributed by atoms with Crippen molar-refractivity contribution in [2.24, 2.45) is 5.92 Å². The Hall–Kier alpha value is -1.62. The van der Waals surface area contributed by atoms with Crippen LogP contribution in [-0.4, -0.2) is 47.8 Å². The first kappa shape index (κ1) is 18.2. The van der Waals surface area contributed by atoms with Crippen molar-refractivity contribution < 1.29 is 14.0 Å². The molecule has 136 valence electrons. The molecule has 1 saturated heterocycles. The number of carbonyl (C=O) groups is 2. The molecule has 0 N–H and O–H groups in total. The smallest absolute Gasteiger partial charge is 0.258 e. The van der Waals surface area contributed by atoms with Crippen LogP contribution in [0.4, 0.5) is 4.39 Å². The number of benzene rings is 1. The van der Waals surface area contributed by atoms with Crippen LogP contribution in [0.5, 0.6) is 0 Å². The molecule has 2 fully saturated rings. The summed E-state index contributed by atoms with van der Waals surface area (Å²) in [5, 5.41) is 0.125. The summed E-state index contributed by atoms with van der Waals surface area (Å²) in [4.78, 5) is 28.3. The number of rotatable bonds is 4. The third-order valence-corrected chi connectivity index (χ3v) is 5.65.